The van der Waals surface area contributed by atoms with Gasteiger partial charge in [0.1, 0.15) is 6.10 Å². The molecular weight excluding hydrogens is 556 g/mol. The number of hydrogen-bond donors (Lipinski definition) is 1. The summed E-state index contributed by atoms with van der Waals surface area (Å²) in [4.78, 5) is 23.5. The van der Waals surface area contributed by atoms with E-state index in [1.54, 1.807) is 0 Å². The fourth-order valence-corrected chi connectivity index (χ4v) is 5.45. The molecule has 0 fully saturated rings. The molecule has 1 N–H and O–H groups in total. The van der Waals surface area contributed by atoms with Gasteiger partial charge in [-0.05, 0) is 70.6 Å². The van der Waals surface area contributed by atoms with Crippen molar-refractivity contribution in [2.75, 3.05) is 0 Å². The topological polar surface area (TPSA) is 63.6 Å². The molecule has 45 heavy (non-hydrogen) atoms. The smallest absolute Gasteiger partial charge is 0.306 e. The van der Waals surface area contributed by atoms with Crippen LogP contribution in [0.4, 0.5) is 0 Å². The van der Waals surface area contributed by atoms with Crippen LogP contribution in [0, 0.1) is 0 Å². The summed E-state index contributed by atoms with van der Waals surface area (Å²) < 4.78 is 5.71. The van der Waals surface area contributed by atoms with Gasteiger partial charge in [0.15, 0.2) is 0 Å². The lowest BCUT2D eigenvalue weighted by atomic mass is 10.0. The highest BCUT2D eigenvalue weighted by Crippen LogP contribution is 2.17. The van der Waals surface area contributed by atoms with Crippen molar-refractivity contribution in [2.24, 2.45) is 0 Å². The molecule has 1 unspecified atom stereocenters. The number of carboxylic acid groups (broad SMARTS) is 1. The van der Waals surface area contributed by atoms with Gasteiger partial charge in [0.05, 0.1) is 0 Å². The van der Waals surface area contributed by atoms with Crippen LogP contribution in [0.25, 0.3) is 0 Å². The van der Waals surface area contributed by atoms with E-state index in [2.05, 4.69) is 62.5 Å². The zero-order valence-corrected chi connectivity index (χ0v) is 29.7. The van der Waals surface area contributed by atoms with Crippen molar-refractivity contribution in [3.63, 3.8) is 0 Å². The maximum Gasteiger partial charge on any atom is 0.306 e. The second kappa shape index (κ2) is 36.4. The van der Waals surface area contributed by atoms with Crippen LogP contribution < -0.4 is 0 Å². The summed E-state index contributed by atoms with van der Waals surface area (Å²) in [6.07, 6.45) is 48.4. The lowest BCUT2D eigenvalue weighted by molar-refractivity contribution is -0.151. The SMILES string of the molecule is CCCCC/C=C\C/C=C\C/C=C\C/C=C\CCCCCCCC(=O)OC(CCCCCCCCCCCCC)CCC(=O)O. The van der Waals surface area contributed by atoms with Crippen molar-refractivity contribution >= 4 is 11.9 Å². The van der Waals surface area contributed by atoms with Gasteiger partial charge < -0.3 is 9.84 Å². The van der Waals surface area contributed by atoms with Gasteiger partial charge in [-0.25, -0.2) is 0 Å². The summed E-state index contributed by atoms with van der Waals surface area (Å²) in [5.41, 5.74) is 0. The summed E-state index contributed by atoms with van der Waals surface area (Å²) in [6, 6.07) is 0. The van der Waals surface area contributed by atoms with E-state index in [9.17, 15) is 9.59 Å². The molecule has 260 valence electrons. The van der Waals surface area contributed by atoms with Gasteiger partial charge in [-0.15, -0.1) is 0 Å². The number of unbranched alkanes of at least 4 members (excludes halogenated alkanes) is 18. The van der Waals surface area contributed by atoms with Crippen LogP contribution >= 0.6 is 0 Å². The first kappa shape index (κ1) is 42.9. The molecule has 0 amide bonds. The fraction of sp³-hybridized carbons (Fsp3) is 0.756. The lowest BCUT2D eigenvalue weighted by Gasteiger charge is -2.17. The minimum Gasteiger partial charge on any atom is -0.481 e. The molecular formula is C41H72O4. The molecule has 0 saturated carbocycles. The van der Waals surface area contributed by atoms with Gasteiger partial charge in [-0.2, -0.15) is 0 Å². The van der Waals surface area contributed by atoms with Crippen LogP contribution in [0.1, 0.15) is 194 Å². The van der Waals surface area contributed by atoms with Crippen molar-refractivity contribution in [1.29, 1.82) is 0 Å². The quantitative estimate of drug-likeness (QED) is 0.0437. The number of carbonyl (C=O) groups excluding carboxylic acids is 1. The van der Waals surface area contributed by atoms with Crippen molar-refractivity contribution in [3.05, 3.63) is 48.6 Å². The van der Waals surface area contributed by atoms with Crippen LogP contribution in [0.3, 0.4) is 0 Å². The zero-order chi connectivity index (χ0) is 32.9. The number of allylic oxidation sites excluding steroid dienone is 8. The summed E-state index contributed by atoms with van der Waals surface area (Å²) in [5.74, 6) is -0.976. The number of carboxylic acids is 1. The van der Waals surface area contributed by atoms with Crippen molar-refractivity contribution < 1.29 is 19.4 Å². The largest absolute Gasteiger partial charge is 0.481 e. The second-order valence-electron chi connectivity index (χ2n) is 12.8. The van der Waals surface area contributed by atoms with Crippen LogP contribution in [-0.2, 0) is 14.3 Å². The molecule has 0 saturated heterocycles. The fourth-order valence-electron chi connectivity index (χ4n) is 5.45. The molecule has 1 atom stereocenters. The number of hydrogen-bond acceptors (Lipinski definition) is 3. The van der Waals surface area contributed by atoms with E-state index in [-0.39, 0.29) is 18.5 Å². The molecule has 0 aliphatic carbocycles. The van der Waals surface area contributed by atoms with Crippen LogP contribution in [-0.4, -0.2) is 23.1 Å². The zero-order valence-electron chi connectivity index (χ0n) is 29.7. The Morgan fingerprint density at radius 2 is 0.889 bits per heavy atom. The Kier molecular flexibility index (Phi) is 34.7. The van der Waals surface area contributed by atoms with E-state index in [0.717, 1.165) is 64.2 Å². The third-order valence-corrected chi connectivity index (χ3v) is 8.32. The van der Waals surface area contributed by atoms with E-state index in [1.807, 2.05) is 0 Å². The monoisotopic (exact) mass is 629 g/mol. The average molecular weight is 629 g/mol. The third-order valence-electron chi connectivity index (χ3n) is 8.32. The van der Waals surface area contributed by atoms with Gasteiger partial charge >= 0.3 is 11.9 Å². The highest BCUT2D eigenvalue weighted by Gasteiger charge is 2.15. The molecule has 0 aliphatic heterocycles. The predicted octanol–water partition coefficient (Wildman–Crippen LogP) is 13.2. The number of aliphatic carboxylic acids is 1. The van der Waals surface area contributed by atoms with Gasteiger partial charge in [0.25, 0.3) is 0 Å². The summed E-state index contributed by atoms with van der Waals surface area (Å²) in [5, 5.41) is 9.09. The van der Waals surface area contributed by atoms with Gasteiger partial charge in [-0.3, -0.25) is 9.59 Å². The minimum atomic E-state index is -0.818. The van der Waals surface area contributed by atoms with Gasteiger partial charge in [0.2, 0.25) is 0 Å². The Balaban J connectivity index is 3.79. The molecule has 0 aromatic carbocycles. The highest BCUT2D eigenvalue weighted by molar-refractivity contribution is 5.69. The Hall–Kier alpha value is -2.10. The minimum absolute atomic E-state index is 0.0649. The van der Waals surface area contributed by atoms with Crippen LogP contribution in [0.5, 0.6) is 0 Å². The molecule has 0 aromatic rings. The Bertz CT molecular complexity index is 763. The van der Waals surface area contributed by atoms with Crippen molar-refractivity contribution in [1.82, 2.24) is 0 Å². The highest BCUT2D eigenvalue weighted by atomic mass is 16.5. The van der Waals surface area contributed by atoms with Crippen molar-refractivity contribution in [2.45, 2.75) is 200 Å². The first-order valence-electron chi connectivity index (χ1n) is 19.1. The number of rotatable bonds is 34. The van der Waals surface area contributed by atoms with Gasteiger partial charge in [0, 0.05) is 12.8 Å². The normalized spacial score (nSPS) is 12.8. The number of ether oxygens (including phenoxy) is 1. The molecule has 0 heterocycles. The van der Waals surface area contributed by atoms with Crippen LogP contribution in [0.2, 0.25) is 0 Å². The standard InChI is InChI=1S/C41H72O4/c1-3-5-7-9-11-13-15-16-17-18-19-20-21-22-23-24-26-28-30-32-34-36-41(44)45-39(37-38-40(42)43)35-33-31-29-27-25-14-12-10-8-6-4-2/h11,13,16-17,19-20,22-23,39H,3-10,12,14-15,18,21,24-38H2,1-2H3,(H,42,43)/b13-11-,17-16-,20-19-,23-22-. The Morgan fingerprint density at radius 1 is 0.489 bits per heavy atom. The molecule has 0 bridgehead atoms. The maximum atomic E-state index is 12.4. The van der Waals surface area contributed by atoms with E-state index in [4.69, 9.17) is 9.84 Å². The molecule has 4 heteroatoms. The molecule has 0 spiro atoms. The summed E-state index contributed by atoms with van der Waals surface area (Å²) >= 11 is 0. The molecule has 0 aliphatic rings. The second-order valence-corrected chi connectivity index (χ2v) is 12.8. The van der Waals surface area contributed by atoms with E-state index in [1.165, 1.54) is 96.3 Å². The molecule has 4 nitrogen and oxygen atoms in total. The molecule has 0 rings (SSSR count). The number of carbonyl (C=O) groups is 2. The lowest BCUT2D eigenvalue weighted by Crippen LogP contribution is -2.19. The predicted molar refractivity (Wildman–Crippen MR) is 195 cm³/mol. The first-order valence-corrected chi connectivity index (χ1v) is 19.1. The van der Waals surface area contributed by atoms with E-state index >= 15 is 0 Å². The third kappa shape index (κ3) is 36.2. The Labute approximate surface area is 279 Å². The van der Waals surface area contributed by atoms with Gasteiger partial charge in [-0.1, -0.05) is 159 Å². The average Bonchev–Trinajstić information content (AvgIpc) is 3.03. The molecule has 0 radical (unpaired) electrons. The van der Waals surface area contributed by atoms with E-state index in [0.29, 0.717) is 12.8 Å². The van der Waals surface area contributed by atoms with Crippen molar-refractivity contribution in [3.8, 4) is 0 Å². The van der Waals surface area contributed by atoms with E-state index < -0.39 is 5.97 Å². The summed E-state index contributed by atoms with van der Waals surface area (Å²) in [6.45, 7) is 4.50. The number of esters is 1. The Morgan fingerprint density at radius 3 is 1.40 bits per heavy atom. The first-order chi connectivity index (χ1) is 22.1. The summed E-state index contributed by atoms with van der Waals surface area (Å²) in [7, 11) is 0. The maximum absolute atomic E-state index is 12.4. The molecule has 0 aromatic heterocycles. The van der Waals surface area contributed by atoms with Crippen LogP contribution in [0.15, 0.2) is 48.6 Å².